The summed E-state index contributed by atoms with van der Waals surface area (Å²) in [4.78, 5) is 26.0. The summed E-state index contributed by atoms with van der Waals surface area (Å²) < 4.78 is 13.0. The predicted octanol–water partition coefficient (Wildman–Crippen LogP) is 2.62. The predicted molar refractivity (Wildman–Crippen MR) is 76.4 cm³/mol. The number of aromatic nitrogens is 1. The molecule has 0 saturated carbocycles. The minimum absolute atomic E-state index is 0.145. The van der Waals surface area contributed by atoms with Crippen molar-refractivity contribution >= 4 is 11.9 Å². The number of nitrogens with one attached hydrogen (secondary N) is 1. The smallest absolute Gasteiger partial charge is 0.303 e. The zero-order valence-corrected chi connectivity index (χ0v) is 12.1. The number of hydrogen-bond acceptors (Lipinski definition) is 3. The van der Waals surface area contributed by atoms with E-state index in [2.05, 4.69) is 10.3 Å². The van der Waals surface area contributed by atoms with E-state index in [9.17, 15) is 14.0 Å². The van der Waals surface area contributed by atoms with Gasteiger partial charge in [0.25, 0.3) is 5.91 Å². The first-order valence-corrected chi connectivity index (χ1v) is 7.13. The van der Waals surface area contributed by atoms with Crippen molar-refractivity contribution in [3.63, 3.8) is 0 Å². The second-order valence-corrected chi connectivity index (χ2v) is 5.02. The number of carbonyl (C=O) groups is 2. The van der Waals surface area contributed by atoms with Crippen LogP contribution in [0.1, 0.15) is 49.4 Å². The molecule has 5 nitrogen and oxygen atoms in total. The molecule has 0 spiro atoms. The lowest BCUT2D eigenvalue weighted by atomic mass is 9.94. The number of aliphatic carboxylic acids is 1. The Morgan fingerprint density at radius 2 is 2.10 bits per heavy atom. The zero-order valence-electron chi connectivity index (χ0n) is 12.1. The summed E-state index contributed by atoms with van der Waals surface area (Å²) >= 11 is 0. The van der Waals surface area contributed by atoms with E-state index in [4.69, 9.17) is 5.11 Å². The summed E-state index contributed by atoms with van der Waals surface area (Å²) in [6.45, 7) is 2.49. The summed E-state index contributed by atoms with van der Waals surface area (Å²) in [5.41, 5.74) is 0.188. The highest BCUT2D eigenvalue weighted by molar-refractivity contribution is 5.93. The summed E-state index contributed by atoms with van der Waals surface area (Å²) in [5.74, 6) is -1.44. The third-order valence-electron chi connectivity index (χ3n) is 3.27. The van der Waals surface area contributed by atoms with Crippen LogP contribution in [-0.4, -0.2) is 28.5 Å². The van der Waals surface area contributed by atoms with E-state index in [0.29, 0.717) is 13.0 Å². The summed E-state index contributed by atoms with van der Waals surface area (Å²) in [5, 5.41) is 11.4. The van der Waals surface area contributed by atoms with Crippen LogP contribution >= 0.6 is 0 Å². The molecule has 0 aliphatic carbocycles. The maximum absolute atomic E-state index is 13.0. The molecular weight excluding hydrogens is 275 g/mol. The van der Waals surface area contributed by atoms with Gasteiger partial charge in [0, 0.05) is 19.2 Å². The van der Waals surface area contributed by atoms with Crippen molar-refractivity contribution in [3.05, 3.63) is 29.8 Å². The molecule has 1 heterocycles. The van der Waals surface area contributed by atoms with Gasteiger partial charge >= 0.3 is 5.97 Å². The number of carbonyl (C=O) groups excluding carboxylic acids is 1. The minimum Gasteiger partial charge on any atom is -0.481 e. The molecule has 116 valence electrons. The Balaban J connectivity index is 2.38. The molecule has 0 fully saturated rings. The molecule has 1 aromatic rings. The van der Waals surface area contributed by atoms with Gasteiger partial charge in [-0.2, -0.15) is 0 Å². The number of rotatable bonds is 9. The van der Waals surface area contributed by atoms with E-state index in [-0.39, 0.29) is 23.8 Å². The van der Waals surface area contributed by atoms with Crippen LogP contribution in [0, 0.1) is 11.7 Å². The topological polar surface area (TPSA) is 79.3 Å². The lowest BCUT2D eigenvalue weighted by Crippen LogP contribution is -2.26. The van der Waals surface area contributed by atoms with Gasteiger partial charge in [-0.3, -0.25) is 14.6 Å². The van der Waals surface area contributed by atoms with E-state index < -0.39 is 11.8 Å². The van der Waals surface area contributed by atoms with E-state index in [0.717, 1.165) is 31.5 Å². The van der Waals surface area contributed by atoms with Crippen molar-refractivity contribution in [1.29, 1.82) is 0 Å². The molecule has 1 unspecified atom stereocenters. The molecule has 1 amide bonds. The van der Waals surface area contributed by atoms with Crippen molar-refractivity contribution in [3.8, 4) is 0 Å². The van der Waals surface area contributed by atoms with Gasteiger partial charge in [-0.1, -0.05) is 19.8 Å². The molecule has 0 aliphatic rings. The molecule has 21 heavy (non-hydrogen) atoms. The number of carboxylic acid groups (broad SMARTS) is 1. The quantitative estimate of drug-likeness (QED) is 0.734. The number of halogens is 1. The first-order valence-electron chi connectivity index (χ1n) is 7.13. The SMILES string of the molecule is CCCC(CCNC(=O)c1cncc(F)c1)CCC(=O)O. The Kier molecular flexibility index (Phi) is 7.36. The molecule has 0 radical (unpaired) electrons. The van der Waals surface area contributed by atoms with Crippen molar-refractivity contribution in [1.82, 2.24) is 10.3 Å². The van der Waals surface area contributed by atoms with Crippen molar-refractivity contribution in [2.24, 2.45) is 5.92 Å². The van der Waals surface area contributed by atoms with Crippen LogP contribution in [0.3, 0.4) is 0 Å². The zero-order chi connectivity index (χ0) is 15.7. The highest BCUT2D eigenvalue weighted by Crippen LogP contribution is 2.17. The van der Waals surface area contributed by atoms with Crippen LogP contribution < -0.4 is 5.32 Å². The molecule has 2 N–H and O–H groups in total. The first-order chi connectivity index (χ1) is 10.0. The maximum atomic E-state index is 13.0. The fourth-order valence-electron chi connectivity index (χ4n) is 2.20. The average molecular weight is 296 g/mol. The number of amides is 1. The van der Waals surface area contributed by atoms with Crippen LogP contribution in [0.25, 0.3) is 0 Å². The second-order valence-electron chi connectivity index (χ2n) is 5.02. The lowest BCUT2D eigenvalue weighted by molar-refractivity contribution is -0.137. The maximum Gasteiger partial charge on any atom is 0.303 e. The minimum atomic E-state index is -0.800. The number of pyridine rings is 1. The van der Waals surface area contributed by atoms with Gasteiger partial charge < -0.3 is 10.4 Å². The number of hydrogen-bond donors (Lipinski definition) is 2. The number of carboxylic acids is 1. The molecule has 1 atom stereocenters. The highest BCUT2D eigenvalue weighted by atomic mass is 19.1. The molecule has 6 heteroatoms. The first kappa shape index (κ1) is 17.1. The normalized spacial score (nSPS) is 11.9. The largest absolute Gasteiger partial charge is 0.481 e. The molecule has 0 bridgehead atoms. The highest BCUT2D eigenvalue weighted by Gasteiger charge is 2.12. The van der Waals surface area contributed by atoms with Crippen LogP contribution in [-0.2, 0) is 4.79 Å². The van der Waals surface area contributed by atoms with E-state index in [1.165, 1.54) is 6.20 Å². The number of nitrogens with zero attached hydrogens (tertiary/aromatic N) is 1. The van der Waals surface area contributed by atoms with Crippen molar-refractivity contribution < 1.29 is 19.1 Å². The van der Waals surface area contributed by atoms with Gasteiger partial charge in [0.2, 0.25) is 0 Å². The third kappa shape index (κ3) is 6.83. The molecule has 0 aliphatic heterocycles. The Morgan fingerprint density at radius 3 is 2.71 bits per heavy atom. The van der Waals surface area contributed by atoms with Crippen LogP contribution in [0.4, 0.5) is 4.39 Å². The summed E-state index contributed by atoms with van der Waals surface area (Å²) in [6.07, 6.45) is 5.74. The Labute approximate surface area is 123 Å². The Hall–Kier alpha value is -1.98. The van der Waals surface area contributed by atoms with Crippen LogP contribution in [0.5, 0.6) is 0 Å². The van der Waals surface area contributed by atoms with Gasteiger partial charge in [0.15, 0.2) is 0 Å². The standard InChI is InChI=1S/C15H21FN2O3/c1-2-3-11(4-5-14(19)20)6-7-18-15(21)12-8-13(16)10-17-9-12/h8-11H,2-7H2,1H3,(H,18,21)(H,19,20). The summed E-state index contributed by atoms with van der Waals surface area (Å²) in [7, 11) is 0. The second kappa shape index (κ2) is 9.05. The molecule has 1 aromatic heterocycles. The van der Waals surface area contributed by atoms with Gasteiger partial charge in [-0.15, -0.1) is 0 Å². The molecule has 0 aromatic carbocycles. The van der Waals surface area contributed by atoms with Crippen molar-refractivity contribution in [2.45, 2.75) is 39.0 Å². The van der Waals surface area contributed by atoms with Gasteiger partial charge in [0.05, 0.1) is 11.8 Å². The van der Waals surface area contributed by atoms with E-state index in [1.807, 2.05) is 6.92 Å². The van der Waals surface area contributed by atoms with E-state index in [1.54, 1.807) is 0 Å². The monoisotopic (exact) mass is 296 g/mol. The Morgan fingerprint density at radius 1 is 1.33 bits per heavy atom. The Bertz CT molecular complexity index is 480. The fraction of sp³-hybridized carbons (Fsp3) is 0.533. The molecule has 0 saturated heterocycles. The van der Waals surface area contributed by atoms with E-state index >= 15 is 0 Å². The van der Waals surface area contributed by atoms with Gasteiger partial charge in [-0.25, -0.2) is 4.39 Å². The van der Waals surface area contributed by atoms with Gasteiger partial charge in [-0.05, 0) is 24.8 Å². The molecule has 1 rings (SSSR count). The van der Waals surface area contributed by atoms with Gasteiger partial charge in [0.1, 0.15) is 5.82 Å². The average Bonchev–Trinajstić information content (AvgIpc) is 2.44. The summed E-state index contributed by atoms with van der Waals surface area (Å²) in [6, 6.07) is 1.14. The van der Waals surface area contributed by atoms with Crippen LogP contribution in [0.2, 0.25) is 0 Å². The molecular formula is C15H21FN2O3. The lowest BCUT2D eigenvalue weighted by Gasteiger charge is -2.15. The third-order valence-corrected chi connectivity index (χ3v) is 3.27. The fourth-order valence-corrected chi connectivity index (χ4v) is 2.20. The van der Waals surface area contributed by atoms with Crippen LogP contribution in [0.15, 0.2) is 18.5 Å². The van der Waals surface area contributed by atoms with Crippen molar-refractivity contribution in [2.75, 3.05) is 6.54 Å².